The Morgan fingerprint density at radius 2 is 2.28 bits per heavy atom. The molecule has 0 atom stereocenters. The third-order valence-corrected chi connectivity index (χ3v) is 3.32. The van der Waals surface area contributed by atoms with Crippen LogP contribution in [0, 0.1) is 0 Å². The quantitative estimate of drug-likeness (QED) is 0.778. The molecule has 0 aliphatic carbocycles. The zero-order valence-electron chi connectivity index (χ0n) is 10.5. The number of hydrogen-bond donors (Lipinski definition) is 2. The Hall–Kier alpha value is -0.840. The first-order valence-corrected chi connectivity index (χ1v) is 6.91. The predicted molar refractivity (Wildman–Crippen MR) is 74.2 cm³/mol. The summed E-state index contributed by atoms with van der Waals surface area (Å²) in [5.74, 6) is 0.751. The first kappa shape index (κ1) is 13.6. The van der Waals surface area contributed by atoms with E-state index in [1.54, 1.807) is 6.20 Å². The van der Waals surface area contributed by atoms with Gasteiger partial charge < -0.3 is 15.4 Å². The highest BCUT2D eigenvalue weighted by molar-refractivity contribution is 6.32. The molecule has 1 saturated heterocycles. The SMILES string of the molecule is Clc1cccnc1NCCCOC1CCNCC1. The lowest BCUT2D eigenvalue weighted by Gasteiger charge is -2.22. The number of nitrogens with zero attached hydrogens (tertiary/aromatic N) is 1. The lowest BCUT2D eigenvalue weighted by Crippen LogP contribution is -2.32. The van der Waals surface area contributed by atoms with E-state index in [2.05, 4.69) is 15.6 Å². The van der Waals surface area contributed by atoms with E-state index in [0.717, 1.165) is 51.3 Å². The summed E-state index contributed by atoms with van der Waals surface area (Å²) in [6.07, 6.45) is 5.39. The molecule has 2 N–H and O–H groups in total. The van der Waals surface area contributed by atoms with Crippen molar-refractivity contribution in [2.75, 3.05) is 31.6 Å². The van der Waals surface area contributed by atoms with Gasteiger partial charge in [-0.25, -0.2) is 4.98 Å². The van der Waals surface area contributed by atoms with Gasteiger partial charge in [0.15, 0.2) is 0 Å². The second-order valence-corrected chi connectivity index (χ2v) is 4.84. The van der Waals surface area contributed by atoms with Crippen LogP contribution >= 0.6 is 11.6 Å². The Kier molecular flexibility index (Phi) is 5.71. The van der Waals surface area contributed by atoms with Gasteiger partial charge in [-0.15, -0.1) is 0 Å². The zero-order valence-corrected chi connectivity index (χ0v) is 11.2. The van der Waals surface area contributed by atoms with Crippen LogP contribution in [-0.2, 0) is 4.74 Å². The monoisotopic (exact) mass is 269 g/mol. The van der Waals surface area contributed by atoms with Crippen LogP contribution in [-0.4, -0.2) is 37.3 Å². The van der Waals surface area contributed by atoms with E-state index < -0.39 is 0 Å². The maximum absolute atomic E-state index is 6.00. The van der Waals surface area contributed by atoms with Crippen LogP contribution in [0.4, 0.5) is 5.82 Å². The molecular weight excluding hydrogens is 250 g/mol. The average molecular weight is 270 g/mol. The third kappa shape index (κ3) is 4.44. The van der Waals surface area contributed by atoms with Crippen molar-refractivity contribution in [2.45, 2.75) is 25.4 Å². The minimum absolute atomic E-state index is 0.435. The van der Waals surface area contributed by atoms with E-state index in [1.807, 2.05) is 12.1 Å². The van der Waals surface area contributed by atoms with Crippen LogP contribution in [0.3, 0.4) is 0 Å². The first-order chi connectivity index (χ1) is 8.86. The number of pyridine rings is 1. The molecule has 1 fully saturated rings. The molecule has 1 aromatic heterocycles. The molecule has 0 bridgehead atoms. The fraction of sp³-hybridized carbons (Fsp3) is 0.615. The molecule has 4 nitrogen and oxygen atoms in total. The molecule has 0 spiro atoms. The number of hydrogen-bond acceptors (Lipinski definition) is 4. The number of anilines is 1. The van der Waals surface area contributed by atoms with Crippen molar-refractivity contribution in [3.05, 3.63) is 23.4 Å². The summed E-state index contributed by atoms with van der Waals surface area (Å²) in [6, 6.07) is 3.66. The van der Waals surface area contributed by atoms with Crippen molar-refractivity contribution < 1.29 is 4.74 Å². The highest BCUT2D eigenvalue weighted by Crippen LogP contribution is 2.17. The standard InChI is InChI=1S/C13H20ClN3O/c14-12-3-1-6-16-13(12)17-7-2-10-18-11-4-8-15-9-5-11/h1,3,6,11,15H,2,4-5,7-10H2,(H,16,17). The summed E-state index contributed by atoms with van der Waals surface area (Å²) in [6.45, 7) is 3.78. The highest BCUT2D eigenvalue weighted by Gasteiger charge is 2.12. The van der Waals surface area contributed by atoms with Gasteiger partial charge in [0.1, 0.15) is 5.82 Å². The van der Waals surface area contributed by atoms with Gasteiger partial charge in [-0.05, 0) is 44.5 Å². The number of piperidine rings is 1. The van der Waals surface area contributed by atoms with Crippen LogP contribution in [0.25, 0.3) is 0 Å². The van der Waals surface area contributed by atoms with Gasteiger partial charge in [0.2, 0.25) is 0 Å². The number of rotatable bonds is 6. The largest absolute Gasteiger partial charge is 0.378 e. The predicted octanol–water partition coefficient (Wildman–Crippen LogP) is 2.31. The van der Waals surface area contributed by atoms with Crippen molar-refractivity contribution >= 4 is 17.4 Å². The second kappa shape index (κ2) is 7.56. The third-order valence-electron chi connectivity index (χ3n) is 3.01. The van der Waals surface area contributed by atoms with Gasteiger partial charge >= 0.3 is 0 Å². The molecular formula is C13H20ClN3O. The molecule has 0 aromatic carbocycles. The minimum Gasteiger partial charge on any atom is -0.378 e. The summed E-state index contributed by atoms with van der Waals surface area (Å²) in [5, 5.41) is 7.21. The Bertz CT molecular complexity index is 356. The smallest absolute Gasteiger partial charge is 0.144 e. The van der Waals surface area contributed by atoms with E-state index in [0.29, 0.717) is 11.1 Å². The maximum atomic E-state index is 6.00. The van der Waals surface area contributed by atoms with Gasteiger partial charge in [-0.1, -0.05) is 11.6 Å². The van der Waals surface area contributed by atoms with Crippen molar-refractivity contribution in [3.8, 4) is 0 Å². The molecule has 2 heterocycles. The van der Waals surface area contributed by atoms with Gasteiger partial charge in [-0.3, -0.25) is 0 Å². The Labute approximate surface area is 113 Å². The number of halogens is 1. The zero-order chi connectivity index (χ0) is 12.6. The Morgan fingerprint density at radius 3 is 3.06 bits per heavy atom. The van der Waals surface area contributed by atoms with Crippen LogP contribution < -0.4 is 10.6 Å². The molecule has 18 heavy (non-hydrogen) atoms. The lowest BCUT2D eigenvalue weighted by atomic mass is 10.1. The topological polar surface area (TPSA) is 46.2 Å². The normalized spacial score (nSPS) is 16.7. The van der Waals surface area contributed by atoms with E-state index in [9.17, 15) is 0 Å². The van der Waals surface area contributed by atoms with Gasteiger partial charge in [0.25, 0.3) is 0 Å². The summed E-state index contributed by atoms with van der Waals surface area (Å²) in [4.78, 5) is 4.17. The molecule has 1 aliphatic heterocycles. The van der Waals surface area contributed by atoms with E-state index in [1.165, 1.54) is 0 Å². The summed E-state index contributed by atoms with van der Waals surface area (Å²) in [5.41, 5.74) is 0. The fourth-order valence-electron chi connectivity index (χ4n) is 2.01. The van der Waals surface area contributed by atoms with Gasteiger partial charge in [0.05, 0.1) is 11.1 Å². The van der Waals surface area contributed by atoms with Crippen LogP contribution in [0.15, 0.2) is 18.3 Å². The fourth-order valence-corrected chi connectivity index (χ4v) is 2.20. The first-order valence-electron chi connectivity index (χ1n) is 6.53. The molecule has 0 unspecified atom stereocenters. The van der Waals surface area contributed by atoms with Crippen LogP contribution in [0.2, 0.25) is 5.02 Å². The molecule has 0 radical (unpaired) electrons. The molecule has 5 heteroatoms. The van der Waals surface area contributed by atoms with Crippen molar-refractivity contribution in [1.29, 1.82) is 0 Å². The number of ether oxygens (including phenoxy) is 1. The molecule has 1 aromatic rings. The maximum Gasteiger partial charge on any atom is 0.144 e. The molecule has 1 aliphatic rings. The van der Waals surface area contributed by atoms with E-state index in [4.69, 9.17) is 16.3 Å². The minimum atomic E-state index is 0.435. The second-order valence-electron chi connectivity index (χ2n) is 4.43. The van der Waals surface area contributed by atoms with Crippen molar-refractivity contribution in [3.63, 3.8) is 0 Å². The highest BCUT2D eigenvalue weighted by atomic mass is 35.5. The number of nitrogens with one attached hydrogen (secondary N) is 2. The Balaban J connectivity index is 1.57. The van der Waals surface area contributed by atoms with E-state index in [-0.39, 0.29) is 0 Å². The summed E-state index contributed by atoms with van der Waals surface area (Å²) < 4.78 is 5.82. The molecule has 2 rings (SSSR count). The molecule has 100 valence electrons. The van der Waals surface area contributed by atoms with Crippen molar-refractivity contribution in [1.82, 2.24) is 10.3 Å². The summed E-state index contributed by atoms with van der Waals surface area (Å²) in [7, 11) is 0. The van der Waals surface area contributed by atoms with E-state index >= 15 is 0 Å². The van der Waals surface area contributed by atoms with Crippen LogP contribution in [0.1, 0.15) is 19.3 Å². The van der Waals surface area contributed by atoms with Gasteiger partial charge in [-0.2, -0.15) is 0 Å². The van der Waals surface area contributed by atoms with Gasteiger partial charge in [0, 0.05) is 19.3 Å². The lowest BCUT2D eigenvalue weighted by molar-refractivity contribution is 0.0329. The average Bonchev–Trinajstić information content (AvgIpc) is 2.42. The van der Waals surface area contributed by atoms with Crippen molar-refractivity contribution in [2.24, 2.45) is 0 Å². The van der Waals surface area contributed by atoms with Crippen LogP contribution in [0.5, 0.6) is 0 Å². The number of aromatic nitrogens is 1. The summed E-state index contributed by atoms with van der Waals surface area (Å²) >= 11 is 6.00. The Morgan fingerprint density at radius 1 is 1.44 bits per heavy atom. The molecule has 0 amide bonds. The molecule has 0 saturated carbocycles.